The molecule has 3 rings (SSSR count). The van der Waals surface area contributed by atoms with Crippen LogP contribution in [0.4, 0.5) is 0 Å². The van der Waals surface area contributed by atoms with Gasteiger partial charge in [-0.3, -0.25) is 4.98 Å². The topological polar surface area (TPSA) is 51.6 Å². The van der Waals surface area contributed by atoms with Crippen molar-refractivity contribution in [2.75, 3.05) is 0 Å². The normalized spacial score (nSPS) is 39.6. The van der Waals surface area contributed by atoms with Crippen molar-refractivity contribution >= 4 is 0 Å². The molecule has 0 amide bonds. The van der Waals surface area contributed by atoms with E-state index < -0.39 is 11.7 Å². The van der Waals surface area contributed by atoms with Gasteiger partial charge in [-0.15, -0.1) is 0 Å². The third kappa shape index (κ3) is 1.98. The van der Waals surface area contributed by atoms with Gasteiger partial charge in [-0.2, -0.15) is 0 Å². The first kappa shape index (κ1) is 14.0. The predicted octanol–water partition coefficient (Wildman–Crippen LogP) is 2.31. The number of ether oxygens (including phenoxy) is 2. The lowest BCUT2D eigenvalue weighted by Gasteiger charge is -2.36. The second-order valence-electron chi connectivity index (χ2n) is 6.56. The first-order chi connectivity index (χ1) is 9.48. The second-order valence-corrected chi connectivity index (χ2v) is 6.56. The molecule has 20 heavy (non-hydrogen) atoms. The lowest BCUT2D eigenvalue weighted by atomic mass is 9.73. The quantitative estimate of drug-likeness (QED) is 0.917. The summed E-state index contributed by atoms with van der Waals surface area (Å²) < 4.78 is 12.2. The van der Waals surface area contributed by atoms with Crippen molar-refractivity contribution < 1.29 is 14.6 Å². The molecule has 0 aliphatic carbocycles. The van der Waals surface area contributed by atoms with Gasteiger partial charge in [0.1, 0.15) is 12.2 Å². The molecule has 1 aromatic rings. The highest BCUT2D eigenvalue weighted by Crippen LogP contribution is 2.55. The fourth-order valence-electron chi connectivity index (χ4n) is 3.66. The SMILES string of the molecule is CC(C)[C@]12CC[C@](C)(O1)[C@H](OCc1ccncc1)[C@H]2O. The van der Waals surface area contributed by atoms with E-state index in [0.29, 0.717) is 6.61 Å². The number of pyridine rings is 1. The molecule has 2 fully saturated rings. The van der Waals surface area contributed by atoms with E-state index in [0.717, 1.165) is 18.4 Å². The minimum atomic E-state index is -0.553. The number of aliphatic hydroxyl groups excluding tert-OH is 1. The fourth-order valence-corrected chi connectivity index (χ4v) is 3.66. The molecular formula is C16H23NO3. The zero-order chi connectivity index (χ0) is 14.4. The van der Waals surface area contributed by atoms with Crippen LogP contribution in [0.15, 0.2) is 24.5 Å². The van der Waals surface area contributed by atoms with E-state index in [4.69, 9.17) is 9.47 Å². The molecule has 4 heteroatoms. The van der Waals surface area contributed by atoms with Gasteiger partial charge >= 0.3 is 0 Å². The van der Waals surface area contributed by atoms with Crippen molar-refractivity contribution in [3.8, 4) is 0 Å². The molecular weight excluding hydrogens is 254 g/mol. The van der Waals surface area contributed by atoms with Gasteiger partial charge in [-0.25, -0.2) is 0 Å². The number of aliphatic hydroxyl groups is 1. The predicted molar refractivity (Wildman–Crippen MR) is 75.1 cm³/mol. The van der Waals surface area contributed by atoms with Crippen molar-refractivity contribution in [2.45, 2.75) is 63.6 Å². The Hall–Kier alpha value is -0.970. The lowest BCUT2D eigenvalue weighted by molar-refractivity contribution is -0.0979. The number of nitrogens with zero attached hydrogens (tertiary/aromatic N) is 1. The maximum absolute atomic E-state index is 10.7. The van der Waals surface area contributed by atoms with Gasteiger partial charge < -0.3 is 14.6 Å². The summed E-state index contributed by atoms with van der Waals surface area (Å²) in [6.07, 6.45) is 4.56. The van der Waals surface area contributed by atoms with Crippen molar-refractivity contribution in [2.24, 2.45) is 5.92 Å². The van der Waals surface area contributed by atoms with Crippen LogP contribution in [0.1, 0.15) is 39.2 Å². The zero-order valence-electron chi connectivity index (χ0n) is 12.4. The van der Waals surface area contributed by atoms with Crippen LogP contribution in [-0.2, 0) is 16.1 Å². The summed E-state index contributed by atoms with van der Waals surface area (Å²) in [4.78, 5) is 4.00. The number of hydrogen-bond donors (Lipinski definition) is 1. The fraction of sp³-hybridized carbons (Fsp3) is 0.688. The van der Waals surface area contributed by atoms with Crippen LogP contribution < -0.4 is 0 Å². The van der Waals surface area contributed by atoms with Crippen LogP contribution >= 0.6 is 0 Å². The summed E-state index contributed by atoms with van der Waals surface area (Å²) in [5.41, 5.74) is 0.270. The summed E-state index contributed by atoms with van der Waals surface area (Å²) >= 11 is 0. The molecule has 0 unspecified atom stereocenters. The average Bonchev–Trinajstić information content (AvgIpc) is 2.89. The largest absolute Gasteiger partial charge is 0.387 e. The van der Waals surface area contributed by atoms with Crippen LogP contribution in [0.5, 0.6) is 0 Å². The molecule has 2 aliphatic heterocycles. The maximum atomic E-state index is 10.7. The van der Waals surface area contributed by atoms with Gasteiger partial charge in [0.05, 0.1) is 17.8 Å². The number of fused-ring (bicyclic) bond motifs is 2. The molecule has 2 bridgehead atoms. The van der Waals surface area contributed by atoms with E-state index in [2.05, 4.69) is 25.8 Å². The Morgan fingerprint density at radius 1 is 1.40 bits per heavy atom. The minimum Gasteiger partial charge on any atom is -0.387 e. The molecule has 4 atom stereocenters. The average molecular weight is 277 g/mol. The van der Waals surface area contributed by atoms with Crippen molar-refractivity contribution in [1.29, 1.82) is 0 Å². The van der Waals surface area contributed by atoms with Crippen LogP contribution in [-0.4, -0.2) is 33.5 Å². The number of rotatable bonds is 4. The monoisotopic (exact) mass is 277 g/mol. The van der Waals surface area contributed by atoms with Gasteiger partial charge in [0.25, 0.3) is 0 Å². The van der Waals surface area contributed by atoms with Crippen molar-refractivity contribution in [1.82, 2.24) is 4.98 Å². The van der Waals surface area contributed by atoms with Gasteiger partial charge in [-0.05, 0) is 43.4 Å². The van der Waals surface area contributed by atoms with Crippen molar-refractivity contribution in [3.63, 3.8) is 0 Å². The van der Waals surface area contributed by atoms with E-state index in [1.54, 1.807) is 12.4 Å². The molecule has 110 valence electrons. The molecule has 2 aliphatic rings. The Morgan fingerprint density at radius 3 is 2.70 bits per heavy atom. The molecule has 4 nitrogen and oxygen atoms in total. The Bertz CT molecular complexity index is 478. The molecule has 0 spiro atoms. The lowest BCUT2D eigenvalue weighted by Crippen LogP contribution is -2.51. The highest BCUT2D eigenvalue weighted by Gasteiger charge is 2.66. The van der Waals surface area contributed by atoms with Gasteiger partial charge in [-0.1, -0.05) is 13.8 Å². The molecule has 1 N–H and O–H groups in total. The summed E-state index contributed by atoms with van der Waals surface area (Å²) in [5, 5.41) is 10.7. The molecule has 1 aromatic heterocycles. The number of hydrogen-bond acceptors (Lipinski definition) is 4. The van der Waals surface area contributed by atoms with E-state index >= 15 is 0 Å². The highest BCUT2D eigenvalue weighted by molar-refractivity contribution is 5.16. The minimum absolute atomic E-state index is 0.258. The van der Waals surface area contributed by atoms with Crippen LogP contribution in [0, 0.1) is 5.92 Å². The van der Waals surface area contributed by atoms with E-state index in [1.807, 2.05) is 12.1 Å². The number of aromatic nitrogens is 1. The molecule has 0 aromatic carbocycles. The van der Waals surface area contributed by atoms with E-state index in [-0.39, 0.29) is 17.6 Å². The van der Waals surface area contributed by atoms with Crippen LogP contribution in [0.2, 0.25) is 0 Å². The Kier molecular flexibility index (Phi) is 3.35. The van der Waals surface area contributed by atoms with E-state index in [9.17, 15) is 5.11 Å². The van der Waals surface area contributed by atoms with Crippen molar-refractivity contribution in [3.05, 3.63) is 30.1 Å². The molecule has 0 saturated carbocycles. The molecule has 0 radical (unpaired) electrons. The van der Waals surface area contributed by atoms with Crippen LogP contribution in [0.3, 0.4) is 0 Å². The van der Waals surface area contributed by atoms with Gasteiger partial charge in [0.2, 0.25) is 0 Å². The first-order valence-electron chi connectivity index (χ1n) is 7.37. The van der Waals surface area contributed by atoms with Crippen LogP contribution in [0.25, 0.3) is 0 Å². The first-order valence-corrected chi connectivity index (χ1v) is 7.37. The molecule has 2 saturated heterocycles. The third-order valence-corrected chi connectivity index (χ3v) is 4.98. The van der Waals surface area contributed by atoms with Gasteiger partial charge in [0, 0.05) is 12.4 Å². The summed E-state index contributed by atoms with van der Waals surface area (Å²) in [7, 11) is 0. The smallest absolute Gasteiger partial charge is 0.115 e. The Morgan fingerprint density at radius 2 is 2.10 bits per heavy atom. The zero-order valence-corrected chi connectivity index (χ0v) is 12.4. The standard InChI is InChI=1S/C16H23NO3/c1-11(2)16-7-6-15(3,20-16)14(13(16)18)19-10-12-4-8-17-9-5-12/h4-5,8-9,11,13-14,18H,6-7,10H2,1-3H3/t13-,14-,15+,16+/m1/s1. The second kappa shape index (κ2) is 4.79. The maximum Gasteiger partial charge on any atom is 0.115 e. The Balaban J connectivity index is 1.74. The Labute approximate surface area is 120 Å². The summed E-state index contributed by atoms with van der Waals surface area (Å²) in [6.45, 7) is 6.77. The van der Waals surface area contributed by atoms with Gasteiger partial charge in [0.15, 0.2) is 0 Å². The molecule has 3 heterocycles. The third-order valence-electron chi connectivity index (χ3n) is 4.98. The summed E-state index contributed by atoms with van der Waals surface area (Å²) in [5.74, 6) is 0.286. The van der Waals surface area contributed by atoms with E-state index in [1.165, 1.54) is 0 Å². The highest BCUT2D eigenvalue weighted by atomic mass is 16.6. The summed E-state index contributed by atoms with van der Waals surface area (Å²) in [6, 6.07) is 3.86.